The van der Waals surface area contributed by atoms with Crippen molar-refractivity contribution in [3.8, 4) is 0 Å². The van der Waals surface area contributed by atoms with Crippen molar-refractivity contribution in [3.05, 3.63) is 0 Å². The van der Waals surface area contributed by atoms with Gasteiger partial charge >= 0.3 is 6.09 Å². The van der Waals surface area contributed by atoms with E-state index in [-0.39, 0.29) is 6.09 Å². The Labute approximate surface area is 116 Å². The fourth-order valence-corrected chi connectivity index (χ4v) is 3.50. The summed E-state index contributed by atoms with van der Waals surface area (Å²) in [5.74, 6) is 0. The van der Waals surface area contributed by atoms with Crippen molar-refractivity contribution in [2.75, 3.05) is 19.6 Å². The van der Waals surface area contributed by atoms with Crippen LogP contribution in [-0.4, -0.2) is 42.3 Å². The molecule has 0 aliphatic carbocycles. The molecular weight excluding hydrogens is 240 g/mol. The highest BCUT2D eigenvalue weighted by Crippen LogP contribution is 2.43. The summed E-state index contributed by atoms with van der Waals surface area (Å²) in [7, 11) is 0. The molecule has 2 saturated heterocycles. The minimum absolute atomic E-state index is 0.141. The molecule has 1 amide bonds. The summed E-state index contributed by atoms with van der Waals surface area (Å²) in [5.41, 5.74) is -0.101. The van der Waals surface area contributed by atoms with Gasteiger partial charge in [0.2, 0.25) is 0 Å². The fourth-order valence-electron chi connectivity index (χ4n) is 3.50. The monoisotopic (exact) mass is 268 g/mol. The lowest BCUT2D eigenvalue weighted by Crippen LogP contribution is -2.56. The van der Waals surface area contributed by atoms with Gasteiger partial charge in [-0.3, -0.25) is 0 Å². The maximum atomic E-state index is 12.3. The van der Waals surface area contributed by atoms with Gasteiger partial charge in [-0.05, 0) is 71.9 Å². The van der Waals surface area contributed by atoms with E-state index in [0.29, 0.717) is 11.5 Å². The molecule has 19 heavy (non-hydrogen) atoms. The zero-order valence-electron chi connectivity index (χ0n) is 12.8. The van der Waals surface area contributed by atoms with Gasteiger partial charge in [0, 0.05) is 12.6 Å². The third kappa shape index (κ3) is 3.22. The van der Waals surface area contributed by atoms with Crippen molar-refractivity contribution in [2.45, 2.75) is 65.0 Å². The van der Waals surface area contributed by atoms with E-state index in [1.165, 1.54) is 19.3 Å². The van der Waals surface area contributed by atoms with Crippen molar-refractivity contribution in [1.82, 2.24) is 10.2 Å². The van der Waals surface area contributed by atoms with Gasteiger partial charge in [0.05, 0.1) is 0 Å². The number of carbonyl (C=O) groups excluding carboxylic acids is 1. The highest BCUT2D eigenvalue weighted by molar-refractivity contribution is 5.68. The second-order valence-corrected chi connectivity index (χ2v) is 7.07. The molecule has 1 atom stereocenters. The van der Waals surface area contributed by atoms with Crippen LogP contribution in [-0.2, 0) is 4.74 Å². The number of hydrogen-bond donors (Lipinski definition) is 1. The summed E-state index contributed by atoms with van der Waals surface area (Å²) < 4.78 is 5.55. The Balaban J connectivity index is 2.07. The molecule has 4 nitrogen and oxygen atoms in total. The van der Waals surface area contributed by atoms with Gasteiger partial charge in [0.1, 0.15) is 5.60 Å². The van der Waals surface area contributed by atoms with Gasteiger partial charge in [-0.25, -0.2) is 4.79 Å². The van der Waals surface area contributed by atoms with Crippen LogP contribution in [0.5, 0.6) is 0 Å². The van der Waals surface area contributed by atoms with Crippen LogP contribution in [0.25, 0.3) is 0 Å². The quantitative estimate of drug-likeness (QED) is 0.734. The normalized spacial score (nSPS) is 27.4. The molecule has 0 aromatic carbocycles. The van der Waals surface area contributed by atoms with Gasteiger partial charge in [0.15, 0.2) is 0 Å². The third-order valence-electron chi connectivity index (χ3n) is 4.65. The fraction of sp³-hybridized carbons (Fsp3) is 0.933. The first kappa shape index (κ1) is 14.6. The number of amides is 1. The van der Waals surface area contributed by atoms with E-state index in [1.54, 1.807) is 0 Å². The van der Waals surface area contributed by atoms with Crippen molar-refractivity contribution in [3.63, 3.8) is 0 Å². The standard InChI is InChI=1S/C15H28N2O2/c1-12-15(7-9-16-10-8-15)6-5-11-17(12)13(18)19-14(2,3)4/h12,16H,5-11H2,1-4H3. The van der Waals surface area contributed by atoms with E-state index in [2.05, 4.69) is 12.2 Å². The lowest BCUT2D eigenvalue weighted by molar-refractivity contribution is -0.0291. The van der Waals surface area contributed by atoms with Crippen LogP contribution in [0.3, 0.4) is 0 Å². The zero-order valence-corrected chi connectivity index (χ0v) is 12.8. The number of likely N-dealkylation sites (tertiary alicyclic amines) is 1. The topological polar surface area (TPSA) is 41.6 Å². The first-order valence-corrected chi connectivity index (χ1v) is 7.54. The molecule has 4 heteroatoms. The Kier molecular flexibility index (Phi) is 4.09. The molecule has 0 aromatic rings. The van der Waals surface area contributed by atoms with Gasteiger partial charge in [-0.15, -0.1) is 0 Å². The van der Waals surface area contributed by atoms with Crippen molar-refractivity contribution < 1.29 is 9.53 Å². The summed E-state index contributed by atoms with van der Waals surface area (Å²) in [4.78, 5) is 14.3. The van der Waals surface area contributed by atoms with Gasteiger partial charge in [-0.1, -0.05) is 0 Å². The van der Waals surface area contributed by atoms with E-state index in [9.17, 15) is 4.79 Å². The summed E-state index contributed by atoms with van der Waals surface area (Å²) in [6, 6.07) is 0.290. The zero-order chi connectivity index (χ0) is 14.1. The van der Waals surface area contributed by atoms with Crippen molar-refractivity contribution in [2.24, 2.45) is 5.41 Å². The molecule has 1 N–H and O–H groups in total. The van der Waals surface area contributed by atoms with Gasteiger partial charge < -0.3 is 15.0 Å². The molecule has 2 rings (SSSR count). The van der Waals surface area contributed by atoms with Gasteiger partial charge in [0.25, 0.3) is 0 Å². The second kappa shape index (κ2) is 5.31. The Morgan fingerprint density at radius 1 is 1.26 bits per heavy atom. The molecular formula is C15H28N2O2. The largest absolute Gasteiger partial charge is 0.444 e. The summed E-state index contributed by atoms with van der Waals surface area (Å²) >= 11 is 0. The maximum absolute atomic E-state index is 12.3. The highest BCUT2D eigenvalue weighted by Gasteiger charge is 2.44. The van der Waals surface area contributed by atoms with Crippen LogP contribution in [0.2, 0.25) is 0 Å². The van der Waals surface area contributed by atoms with E-state index in [4.69, 9.17) is 4.74 Å². The molecule has 1 unspecified atom stereocenters. The second-order valence-electron chi connectivity index (χ2n) is 7.07. The summed E-state index contributed by atoms with van der Waals surface area (Å²) in [6.45, 7) is 11.0. The SMILES string of the molecule is CC1N(C(=O)OC(C)(C)C)CCCC12CCNCC2. The molecule has 2 heterocycles. The smallest absolute Gasteiger partial charge is 0.410 e. The van der Waals surface area contributed by atoms with E-state index >= 15 is 0 Å². The van der Waals surface area contributed by atoms with Crippen LogP contribution < -0.4 is 5.32 Å². The number of nitrogens with zero attached hydrogens (tertiary/aromatic N) is 1. The average Bonchev–Trinajstić information content (AvgIpc) is 2.32. The number of hydrogen-bond acceptors (Lipinski definition) is 3. The Bertz CT molecular complexity index is 324. The summed E-state index contributed by atoms with van der Waals surface area (Å²) in [6.07, 6.45) is 4.55. The van der Waals surface area contributed by atoms with E-state index in [0.717, 1.165) is 26.1 Å². The number of nitrogens with one attached hydrogen (secondary N) is 1. The van der Waals surface area contributed by atoms with E-state index in [1.807, 2.05) is 25.7 Å². The maximum Gasteiger partial charge on any atom is 0.410 e. The Morgan fingerprint density at radius 2 is 1.89 bits per heavy atom. The lowest BCUT2D eigenvalue weighted by Gasteiger charge is -2.50. The number of ether oxygens (including phenoxy) is 1. The molecule has 0 bridgehead atoms. The van der Waals surface area contributed by atoms with Crippen LogP contribution in [0.1, 0.15) is 53.4 Å². The molecule has 0 aromatic heterocycles. The molecule has 110 valence electrons. The van der Waals surface area contributed by atoms with Crippen molar-refractivity contribution >= 4 is 6.09 Å². The van der Waals surface area contributed by atoms with E-state index < -0.39 is 5.60 Å². The number of rotatable bonds is 0. The van der Waals surface area contributed by atoms with Crippen LogP contribution in [0.4, 0.5) is 4.79 Å². The number of carbonyl (C=O) groups is 1. The highest BCUT2D eigenvalue weighted by atomic mass is 16.6. The molecule has 1 spiro atoms. The summed E-state index contributed by atoms with van der Waals surface area (Å²) in [5, 5.41) is 3.42. The Hall–Kier alpha value is -0.770. The molecule has 0 radical (unpaired) electrons. The van der Waals surface area contributed by atoms with Crippen LogP contribution in [0.15, 0.2) is 0 Å². The Morgan fingerprint density at radius 3 is 2.47 bits per heavy atom. The lowest BCUT2D eigenvalue weighted by atomic mass is 9.68. The molecule has 2 aliphatic heterocycles. The molecule has 0 saturated carbocycles. The first-order valence-electron chi connectivity index (χ1n) is 7.54. The minimum atomic E-state index is -0.407. The van der Waals surface area contributed by atoms with Crippen LogP contribution in [0, 0.1) is 5.41 Å². The van der Waals surface area contributed by atoms with Crippen LogP contribution >= 0.6 is 0 Å². The predicted octanol–water partition coefficient (Wildman–Crippen LogP) is 2.78. The molecule has 2 fully saturated rings. The predicted molar refractivity (Wildman–Crippen MR) is 76.2 cm³/mol. The van der Waals surface area contributed by atoms with Crippen molar-refractivity contribution in [1.29, 1.82) is 0 Å². The average molecular weight is 268 g/mol. The molecule has 2 aliphatic rings. The van der Waals surface area contributed by atoms with Gasteiger partial charge in [-0.2, -0.15) is 0 Å². The number of piperidine rings is 2. The third-order valence-corrected chi connectivity index (χ3v) is 4.65. The minimum Gasteiger partial charge on any atom is -0.444 e. The first-order chi connectivity index (χ1) is 8.84.